The van der Waals surface area contributed by atoms with Gasteiger partial charge in [-0.2, -0.15) is 0 Å². The third kappa shape index (κ3) is 2.74. The predicted molar refractivity (Wildman–Crippen MR) is 79.4 cm³/mol. The van der Waals surface area contributed by atoms with E-state index in [1.54, 1.807) is 12.1 Å². The number of hydrogen-bond donors (Lipinski definition) is 0. The van der Waals surface area contributed by atoms with Gasteiger partial charge in [-0.15, -0.1) is 0 Å². The monoisotopic (exact) mass is 340 g/mol. The number of likely N-dealkylation sites (tertiary alicyclic amines) is 1. The zero-order valence-corrected chi connectivity index (χ0v) is 13.0. The first-order valence-corrected chi connectivity index (χ1v) is 8.60. The third-order valence-corrected chi connectivity index (χ3v) is 6.11. The Labute approximate surface area is 132 Å². The van der Waals surface area contributed by atoms with Crippen LogP contribution in [0.15, 0.2) is 45.9 Å². The van der Waals surface area contributed by atoms with Gasteiger partial charge < -0.3 is 9.42 Å². The molecule has 1 fully saturated rings. The lowest BCUT2D eigenvalue weighted by Gasteiger charge is -2.15. The molecule has 8 heteroatoms. The molecule has 116 valence electrons. The molecule has 1 saturated heterocycles. The molecule has 2 aromatic rings. The van der Waals surface area contributed by atoms with E-state index in [4.69, 9.17) is 16.1 Å². The van der Waals surface area contributed by atoms with Gasteiger partial charge in [0.2, 0.25) is 5.76 Å². The van der Waals surface area contributed by atoms with Crippen molar-refractivity contribution in [1.82, 2.24) is 10.1 Å². The number of sulfone groups is 1. The fourth-order valence-electron chi connectivity index (χ4n) is 2.46. The second-order valence-corrected chi connectivity index (χ2v) is 7.70. The Morgan fingerprint density at radius 1 is 1.27 bits per heavy atom. The fraction of sp³-hybridized carbons (Fsp3) is 0.286. The number of carbonyl (C=O) groups is 1. The average molecular weight is 341 g/mol. The molecule has 6 nitrogen and oxygen atoms in total. The van der Waals surface area contributed by atoms with Gasteiger partial charge in [0.25, 0.3) is 5.91 Å². The summed E-state index contributed by atoms with van der Waals surface area (Å²) in [5.74, 6) is -0.226. The first-order valence-electron chi connectivity index (χ1n) is 6.68. The molecule has 1 aromatic heterocycles. The van der Waals surface area contributed by atoms with E-state index in [1.165, 1.54) is 29.3 Å². The predicted octanol–water partition coefficient (Wildman–Crippen LogP) is 2.02. The second-order valence-electron chi connectivity index (χ2n) is 5.04. The zero-order valence-electron chi connectivity index (χ0n) is 11.5. The van der Waals surface area contributed by atoms with E-state index < -0.39 is 15.1 Å². The maximum Gasteiger partial charge on any atom is 0.292 e. The van der Waals surface area contributed by atoms with Crippen LogP contribution in [0.3, 0.4) is 0 Å². The minimum absolute atomic E-state index is 0.115. The van der Waals surface area contributed by atoms with Gasteiger partial charge in [0.05, 0.1) is 16.3 Å². The maximum atomic E-state index is 12.6. The number of hydrogen-bond acceptors (Lipinski definition) is 5. The lowest BCUT2D eigenvalue weighted by molar-refractivity contribution is 0.0751. The van der Waals surface area contributed by atoms with Gasteiger partial charge in [-0.3, -0.25) is 4.79 Å². The fourth-order valence-corrected chi connectivity index (χ4v) is 4.28. The lowest BCUT2D eigenvalue weighted by atomic mass is 10.4. The van der Waals surface area contributed by atoms with Crippen LogP contribution in [0.25, 0.3) is 0 Å². The van der Waals surface area contributed by atoms with Crippen molar-refractivity contribution in [2.45, 2.75) is 16.6 Å². The normalized spacial score (nSPS) is 18.6. The molecule has 1 atom stereocenters. The van der Waals surface area contributed by atoms with Crippen LogP contribution in [-0.4, -0.2) is 42.7 Å². The highest BCUT2D eigenvalue weighted by Gasteiger charge is 2.37. The van der Waals surface area contributed by atoms with Crippen LogP contribution in [0, 0.1) is 0 Å². The molecule has 1 unspecified atom stereocenters. The molecule has 1 aliphatic heterocycles. The highest BCUT2D eigenvalue weighted by molar-refractivity contribution is 7.92. The molecule has 0 radical (unpaired) electrons. The smallest absolute Gasteiger partial charge is 0.292 e. The Bertz CT molecular complexity index is 772. The van der Waals surface area contributed by atoms with Gasteiger partial charge in [0.15, 0.2) is 9.84 Å². The van der Waals surface area contributed by atoms with Crippen LogP contribution in [0.2, 0.25) is 5.02 Å². The summed E-state index contributed by atoms with van der Waals surface area (Å²) in [7, 11) is -3.49. The molecule has 1 aromatic carbocycles. The van der Waals surface area contributed by atoms with E-state index >= 15 is 0 Å². The van der Waals surface area contributed by atoms with Crippen molar-refractivity contribution in [2.24, 2.45) is 0 Å². The van der Waals surface area contributed by atoms with Crippen LogP contribution < -0.4 is 0 Å². The van der Waals surface area contributed by atoms with Crippen LogP contribution in [-0.2, 0) is 9.84 Å². The molecular weight excluding hydrogens is 328 g/mol. The van der Waals surface area contributed by atoms with Crippen LogP contribution in [0.4, 0.5) is 0 Å². The molecule has 22 heavy (non-hydrogen) atoms. The van der Waals surface area contributed by atoms with Crippen molar-refractivity contribution in [2.75, 3.05) is 13.1 Å². The summed E-state index contributed by atoms with van der Waals surface area (Å²) in [5, 5.41) is 3.34. The Morgan fingerprint density at radius 3 is 2.64 bits per heavy atom. The van der Waals surface area contributed by atoms with E-state index in [9.17, 15) is 13.2 Å². The minimum Gasteiger partial charge on any atom is -0.351 e. The molecule has 0 saturated carbocycles. The van der Waals surface area contributed by atoms with E-state index in [-0.39, 0.29) is 23.1 Å². The SMILES string of the molecule is O=C(c1ccno1)N1CCC(S(=O)(=O)c2ccc(Cl)cc2)C1. The van der Waals surface area contributed by atoms with Crippen molar-refractivity contribution >= 4 is 27.3 Å². The summed E-state index contributed by atoms with van der Waals surface area (Å²) >= 11 is 5.78. The maximum absolute atomic E-state index is 12.6. The molecule has 3 rings (SSSR count). The highest BCUT2D eigenvalue weighted by atomic mass is 35.5. The Balaban J connectivity index is 1.77. The number of aromatic nitrogens is 1. The van der Waals surface area contributed by atoms with Crippen molar-refractivity contribution in [3.8, 4) is 0 Å². The lowest BCUT2D eigenvalue weighted by Crippen LogP contribution is -2.31. The molecule has 0 aliphatic carbocycles. The van der Waals surface area contributed by atoms with Crippen LogP contribution >= 0.6 is 11.6 Å². The molecule has 2 heterocycles. The topological polar surface area (TPSA) is 80.5 Å². The van der Waals surface area contributed by atoms with Crippen molar-refractivity contribution < 1.29 is 17.7 Å². The molecule has 1 amide bonds. The zero-order chi connectivity index (χ0) is 15.7. The quantitative estimate of drug-likeness (QED) is 0.853. The van der Waals surface area contributed by atoms with Gasteiger partial charge in [-0.25, -0.2) is 8.42 Å². The molecule has 0 spiro atoms. The standard InChI is InChI=1S/C14H13ClN2O4S/c15-10-1-3-11(4-2-10)22(19,20)12-6-8-17(9-12)14(18)13-5-7-16-21-13/h1-5,7,12H,6,8-9H2. The number of rotatable bonds is 3. The summed E-state index contributed by atoms with van der Waals surface area (Å²) in [6.07, 6.45) is 1.77. The Morgan fingerprint density at radius 2 is 2.00 bits per heavy atom. The van der Waals surface area contributed by atoms with Crippen molar-refractivity contribution in [3.05, 3.63) is 47.3 Å². The molecule has 0 N–H and O–H groups in total. The molecule has 1 aliphatic rings. The average Bonchev–Trinajstić information content (AvgIpc) is 3.19. The first-order chi connectivity index (χ1) is 10.5. The third-order valence-electron chi connectivity index (χ3n) is 3.66. The summed E-state index contributed by atoms with van der Waals surface area (Å²) < 4.78 is 30.0. The first kappa shape index (κ1) is 15.1. The summed E-state index contributed by atoms with van der Waals surface area (Å²) in [5.41, 5.74) is 0. The number of halogens is 1. The molecule has 0 bridgehead atoms. The van der Waals surface area contributed by atoms with Gasteiger partial charge in [-0.1, -0.05) is 16.8 Å². The van der Waals surface area contributed by atoms with Gasteiger partial charge in [0.1, 0.15) is 0 Å². The van der Waals surface area contributed by atoms with Gasteiger partial charge in [-0.05, 0) is 30.7 Å². The van der Waals surface area contributed by atoms with E-state index in [1.807, 2.05) is 0 Å². The van der Waals surface area contributed by atoms with Gasteiger partial charge >= 0.3 is 0 Å². The van der Waals surface area contributed by atoms with Crippen LogP contribution in [0.5, 0.6) is 0 Å². The van der Waals surface area contributed by atoms with Crippen molar-refractivity contribution in [3.63, 3.8) is 0 Å². The van der Waals surface area contributed by atoms with E-state index in [2.05, 4.69) is 5.16 Å². The number of nitrogens with zero attached hydrogens (tertiary/aromatic N) is 2. The van der Waals surface area contributed by atoms with Gasteiger partial charge in [0, 0.05) is 24.2 Å². The number of carbonyl (C=O) groups excluding carboxylic acids is 1. The van der Waals surface area contributed by atoms with E-state index in [0.717, 1.165) is 0 Å². The van der Waals surface area contributed by atoms with Crippen LogP contribution in [0.1, 0.15) is 17.0 Å². The summed E-state index contributed by atoms with van der Waals surface area (Å²) in [6.45, 7) is 0.515. The summed E-state index contributed by atoms with van der Waals surface area (Å²) in [4.78, 5) is 13.8. The van der Waals surface area contributed by atoms with Crippen molar-refractivity contribution in [1.29, 1.82) is 0 Å². The largest absolute Gasteiger partial charge is 0.351 e. The number of benzene rings is 1. The second kappa shape index (κ2) is 5.73. The number of amides is 1. The highest BCUT2D eigenvalue weighted by Crippen LogP contribution is 2.25. The summed E-state index contributed by atoms with van der Waals surface area (Å²) in [6, 6.07) is 7.52. The molecular formula is C14H13ClN2O4S. The Hall–Kier alpha value is -1.86. The van der Waals surface area contributed by atoms with E-state index in [0.29, 0.717) is 18.0 Å². The minimum atomic E-state index is -3.49. The Kier molecular flexibility index (Phi) is 3.92.